The van der Waals surface area contributed by atoms with Gasteiger partial charge in [-0.3, -0.25) is 0 Å². The van der Waals surface area contributed by atoms with E-state index < -0.39 is 21.9 Å². The van der Waals surface area contributed by atoms with Crippen LogP contribution in [0.1, 0.15) is 13.8 Å². The van der Waals surface area contributed by atoms with E-state index in [1.54, 1.807) is 0 Å². The highest BCUT2D eigenvalue weighted by molar-refractivity contribution is 6.99. The summed E-state index contributed by atoms with van der Waals surface area (Å²) < 4.78 is 6.45. The fourth-order valence-electron chi connectivity index (χ4n) is 3.06. The Kier molecular flexibility index (Phi) is 4.77. The van der Waals surface area contributed by atoms with Gasteiger partial charge >= 0.3 is 0 Å². The van der Waals surface area contributed by atoms with Crippen LogP contribution in [0.15, 0.2) is 60.7 Å². The fraction of sp³-hybridized carbons (Fsp3) is 0.333. The van der Waals surface area contributed by atoms with E-state index in [1.165, 1.54) is 0 Å². The Hall–Kier alpha value is -1.21. The van der Waals surface area contributed by atoms with Crippen molar-refractivity contribution in [2.24, 2.45) is 0 Å². The highest BCUT2D eigenvalue weighted by Gasteiger charge is 2.52. The molecule has 0 atom stereocenters. The molecule has 0 saturated heterocycles. The van der Waals surface area contributed by atoms with E-state index in [0.29, 0.717) is 0 Å². The molecular weight excluding hydrogens is 304 g/mol. The van der Waals surface area contributed by atoms with Gasteiger partial charge in [0.25, 0.3) is 8.32 Å². The minimum absolute atomic E-state index is 0.597. The van der Waals surface area contributed by atoms with E-state index in [1.807, 2.05) is 74.5 Å². The molecule has 0 heterocycles. The summed E-state index contributed by atoms with van der Waals surface area (Å²) in [4.78, 5) is 11.9. The summed E-state index contributed by atoms with van der Waals surface area (Å²) in [7, 11) is -4.82. The first kappa shape index (κ1) is 17.2. The molecule has 0 aromatic heterocycles. The molecule has 0 fully saturated rings. The SMILES string of the molecule is CC(C)(O[Si](C)(C)C)[Si](O)(c1ccccc1)c1ccccc1. The van der Waals surface area contributed by atoms with Gasteiger partial charge in [0, 0.05) is 0 Å². The first-order valence-corrected chi connectivity index (χ1v) is 13.1. The fourth-order valence-corrected chi connectivity index (χ4v) is 9.17. The predicted molar refractivity (Wildman–Crippen MR) is 98.6 cm³/mol. The second-order valence-corrected chi connectivity index (χ2v) is 15.4. The van der Waals surface area contributed by atoms with Crippen LogP contribution >= 0.6 is 0 Å². The Morgan fingerprint density at radius 2 is 1.14 bits per heavy atom. The first-order chi connectivity index (χ1) is 10.2. The zero-order valence-corrected chi connectivity index (χ0v) is 16.1. The van der Waals surface area contributed by atoms with Gasteiger partial charge in [-0.05, 0) is 43.9 Å². The van der Waals surface area contributed by atoms with Crippen molar-refractivity contribution in [1.82, 2.24) is 0 Å². The molecule has 2 aromatic rings. The van der Waals surface area contributed by atoms with E-state index in [4.69, 9.17) is 4.43 Å². The van der Waals surface area contributed by atoms with Crippen LogP contribution in [0, 0.1) is 0 Å². The Morgan fingerprint density at radius 1 is 0.773 bits per heavy atom. The number of benzene rings is 2. The van der Waals surface area contributed by atoms with Crippen LogP contribution in [-0.2, 0) is 4.43 Å². The van der Waals surface area contributed by atoms with Crippen molar-refractivity contribution in [1.29, 1.82) is 0 Å². The van der Waals surface area contributed by atoms with Crippen LogP contribution < -0.4 is 10.4 Å². The van der Waals surface area contributed by atoms with Crippen LogP contribution in [-0.4, -0.2) is 26.7 Å². The molecule has 0 aliphatic heterocycles. The maximum absolute atomic E-state index is 11.9. The summed E-state index contributed by atoms with van der Waals surface area (Å²) in [6.45, 7) is 10.6. The van der Waals surface area contributed by atoms with Crippen molar-refractivity contribution in [3.63, 3.8) is 0 Å². The van der Waals surface area contributed by atoms with Crippen molar-refractivity contribution in [3.8, 4) is 0 Å². The molecule has 0 saturated carbocycles. The van der Waals surface area contributed by atoms with Crippen molar-refractivity contribution in [2.75, 3.05) is 0 Å². The third kappa shape index (κ3) is 3.41. The summed E-state index contributed by atoms with van der Waals surface area (Å²) >= 11 is 0. The first-order valence-electron chi connectivity index (χ1n) is 7.70. The van der Waals surface area contributed by atoms with Gasteiger partial charge in [-0.25, -0.2) is 0 Å². The molecule has 1 N–H and O–H groups in total. The second kappa shape index (κ2) is 6.12. The zero-order chi connectivity index (χ0) is 16.4. The topological polar surface area (TPSA) is 29.5 Å². The van der Waals surface area contributed by atoms with Gasteiger partial charge in [-0.2, -0.15) is 0 Å². The smallest absolute Gasteiger partial charge is 0.283 e. The van der Waals surface area contributed by atoms with Gasteiger partial charge in [0.2, 0.25) is 0 Å². The van der Waals surface area contributed by atoms with Gasteiger partial charge in [0.05, 0.1) is 5.22 Å². The Balaban J connectivity index is 2.61. The molecule has 2 nitrogen and oxygen atoms in total. The molecule has 4 heteroatoms. The van der Waals surface area contributed by atoms with Gasteiger partial charge in [0.15, 0.2) is 8.32 Å². The largest absolute Gasteiger partial charge is 0.422 e. The van der Waals surface area contributed by atoms with E-state index in [2.05, 4.69) is 19.6 Å². The summed E-state index contributed by atoms with van der Waals surface area (Å²) in [5.41, 5.74) is 0. The summed E-state index contributed by atoms with van der Waals surface area (Å²) in [6.07, 6.45) is 0. The lowest BCUT2D eigenvalue weighted by Gasteiger charge is -2.44. The summed E-state index contributed by atoms with van der Waals surface area (Å²) in [5, 5.41) is 1.38. The Morgan fingerprint density at radius 3 is 1.45 bits per heavy atom. The molecule has 118 valence electrons. The summed E-state index contributed by atoms with van der Waals surface area (Å²) in [6, 6.07) is 20.0. The van der Waals surface area contributed by atoms with Crippen molar-refractivity contribution in [3.05, 3.63) is 60.7 Å². The number of rotatable bonds is 5. The molecule has 0 radical (unpaired) electrons. The third-order valence-corrected chi connectivity index (χ3v) is 9.33. The van der Waals surface area contributed by atoms with E-state index in [9.17, 15) is 4.80 Å². The zero-order valence-electron chi connectivity index (χ0n) is 14.1. The Bertz CT molecular complexity index is 564. The van der Waals surface area contributed by atoms with Gasteiger partial charge in [-0.1, -0.05) is 60.7 Å². The van der Waals surface area contributed by atoms with Crippen molar-refractivity contribution in [2.45, 2.75) is 38.7 Å². The van der Waals surface area contributed by atoms with E-state index in [-0.39, 0.29) is 0 Å². The average Bonchev–Trinajstić information content (AvgIpc) is 2.45. The van der Waals surface area contributed by atoms with Crippen LogP contribution in [0.4, 0.5) is 0 Å². The molecule has 2 rings (SSSR count). The maximum atomic E-state index is 11.9. The lowest BCUT2D eigenvalue weighted by Crippen LogP contribution is -2.74. The van der Waals surface area contributed by atoms with Crippen LogP contribution in [0.2, 0.25) is 19.6 Å². The number of hydrogen-bond donors (Lipinski definition) is 1. The molecule has 0 spiro atoms. The minimum atomic E-state index is -3.03. The third-order valence-electron chi connectivity index (χ3n) is 3.82. The van der Waals surface area contributed by atoms with Gasteiger partial charge in [-0.15, -0.1) is 0 Å². The normalized spacial score (nSPS) is 13.2. The molecule has 22 heavy (non-hydrogen) atoms. The molecule has 0 unspecified atom stereocenters. The van der Waals surface area contributed by atoms with Gasteiger partial charge in [0.1, 0.15) is 0 Å². The van der Waals surface area contributed by atoms with E-state index in [0.717, 1.165) is 10.4 Å². The number of hydrogen-bond acceptors (Lipinski definition) is 2. The molecule has 2 aromatic carbocycles. The molecule has 0 bridgehead atoms. The lowest BCUT2D eigenvalue weighted by atomic mass is 10.4. The van der Waals surface area contributed by atoms with Crippen molar-refractivity contribution >= 4 is 27.0 Å². The van der Waals surface area contributed by atoms with Crippen LogP contribution in [0.5, 0.6) is 0 Å². The van der Waals surface area contributed by atoms with Crippen LogP contribution in [0.25, 0.3) is 0 Å². The highest BCUT2D eigenvalue weighted by atomic mass is 28.4. The minimum Gasteiger partial charge on any atom is -0.422 e. The quantitative estimate of drug-likeness (QED) is 0.854. The predicted octanol–water partition coefficient (Wildman–Crippen LogP) is 2.91. The average molecular weight is 331 g/mol. The molecular formula is C18H26O2Si2. The van der Waals surface area contributed by atoms with Gasteiger partial charge < -0.3 is 9.22 Å². The van der Waals surface area contributed by atoms with Crippen LogP contribution in [0.3, 0.4) is 0 Å². The van der Waals surface area contributed by atoms with Crippen molar-refractivity contribution < 1.29 is 9.22 Å². The molecule has 0 amide bonds. The molecule has 0 aliphatic rings. The monoisotopic (exact) mass is 330 g/mol. The summed E-state index contributed by atoms with van der Waals surface area (Å²) in [5.74, 6) is 0. The standard InChI is InChI=1S/C18H26O2Si2/c1-18(2,20-21(3,4)5)22(19,16-12-8-6-9-13-16)17-14-10-7-11-15-17/h6-15,19H,1-5H3. The second-order valence-electron chi connectivity index (χ2n) is 7.17. The molecule has 0 aliphatic carbocycles. The Labute approximate surface area is 136 Å². The highest BCUT2D eigenvalue weighted by Crippen LogP contribution is 2.26. The maximum Gasteiger partial charge on any atom is 0.283 e. The lowest BCUT2D eigenvalue weighted by molar-refractivity contribution is 0.161. The van der Waals surface area contributed by atoms with E-state index >= 15 is 0 Å².